The summed E-state index contributed by atoms with van der Waals surface area (Å²) in [7, 11) is 0. The molecule has 0 bridgehead atoms. The molecule has 1 aliphatic rings. The van der Waals surface area contributed by atoms with Gasteiger partial charge in [0.2, 0.25) is 0 Å². The molecule has 2 aromatic heterocycles. The van der Waals surface area contributed by atoms with Crippen LogP contribution < -0.4 is 5.31 Å². The first kappa shape index (κ1) is 9.33. The van der Waals surface area contributed by atoms with E-state index < -0.39 is 56.0 Å². The van der Waals surface area contributed by atoms with Gasteiger partial charge in [0, 0.05) is 33.7 Å². The number of nitrogens with one attached hydrogen (secondary N) is 1. The summed E-state index contributed by atoms with van der Waals surface area (Å²) in [6.07, 6.45) is -0.727. The fourth-order valence-corrected chi connectivity index (χ4v) is 3.39. The molecular weight excluding hydrogens is 378 g/mol. The van der Waals surface area contributed by atoms with Crippen LogP contribution in [0.25, 0.3) is 10.2 Å². The number of piperidine rings is 1. The summed E-state index contributed by atoms with van der Waals surface area (Å²) >= 11 is 7.00. The molecule has 7 heteroatoms. The third-order valence-corrected chi connectivity index (χ3v) is 4.87. The van der Waals surface area contributed by atoms with Gasteiger partial charge in [0.05, 0.1) is 26.8 Å². The van der Waals surface area contributed by atoms with Gasteiger partial charge < -0.3 is 5.31 Å². The van der Waals surface area contributed by atoms with E-state index in [2.05, 4.69) is 9.97 Å². The zero-order valence-corrected chi connectivity index (χ0v) is 15.7. The Kier molecular flexibility index (Phi) is 2.70. The van der Waals surface area contributed by atoms with E-state index in [1.165, 1.54) is 6.92 Å². The number of hydrogen-bond donors (Lipinski definition) is 1. The molecule has 3 aromatic rings. The Morgan fingerprint density at radius 1 is 1.56 bits per heavy atom. The topological polar surface area (TPSA) is 64.8 Å². The second-order valence-electron chi connectivity index (χ2n) is 5.63. The summed E-state index contributed by atoms with van der Waals surface area (Å²) in [5.74, 6) is -0.250. The predicted molar refractivity (Wildman–Crippen MR) is 110 cm³/mol. The maximum absolute atomic E-state index is 9.43. The molecule has 0 amide bonds. The van der Waals surface area contributed by atoms with Crippen molar-refractivity contribution < 1.29 is 15.1 Å². The van der Waals surface area contributed by atoms with Gasteiger partial charge >= 0.3 is 0 Å². The molecule has 4 rings (SSSR count). The Hall–Kier alpha value is -2.20. The minimum atomic E-state index is -3.09. The molecule has 27 heavy (non-hydrogen) atoms. The molecule has 0 radical (unpaired) electrons. The second kappa shape index (κ2) is 7.81. The maximum Gasteiger partial charge on any atom is 0.162 e. The van der Waals surface area contributed by atoms with Crippen LogP contribution in [0.1, 0.15) is 43.2 Å². The van der Waals surface area contributed by atoms with Crippen LogP contribution in [0, 0.1) is 18.3 Å². The fourth-order valence-electron chi connectivity index (χ4n) is 2.41. The van der Waals surface area contributed by atoms with Crippen LogP contribution in [0.2, 0.25) is 5.75 Å². The molecule has 1 aromatic carbocycles. The Morgan fingerprint density at radius 2 is 2.37 bits per heavy atom. The van der Waals surface area contributed by atoms with Gasteiger partial charge in [0.15, 0.2) is 1.41 Å². The van der Waals surface area contributed by atoms with Crippen LogP contribution in [0.4, 0.5) is 5.82 Å². The zero-order chi connectivity index (χ0) is 28.6. The minimum Gasteiger partial charge on any atom is -0.367 e. The molecule has 1 aliphatic heterocycles. The van der Waals surface area contributed by atoms with E-state index in [9.17, 15) is 5.26 Å². The largest absolute Gasteiger partial charge is 0.367 e. The lowest BCUT2D eigenvalue weighted by atomic mass is 10.0. The number of nitrogens with zero attached hydrogens (tertiary/aromatic N) is 4. The van der Waals surface area contributed by atoms with Gasteiger partial charge in [0.1, 0.15) is 17.0 Å². The number of rotatable bonds is 4. The number of hydrogen-bond acceptors (Lipinski definition) is 6. The van der Waals surface area contributed by atoms with Crippen LogP contribution in [0.3, 0.4) is 0 Å². The number of aryl methyl sites for hydroxylation is 1. The smallest absolute Gasteiger partial charge is 0.162 e. The highest BCUT2D eigenvalue weighted by Gasteiger charge is 2.20. The molecule has 0 aliphatic carbocycles. The van der Waals surface area contributed by atoms with Crippen molar-refractivity contribution in [2.45, 2.75) is 32.3 Å². The van der Waals surface area contributed by atoms with Crippen molar-refractivity contribution in [3.8, 4) is 6.07 Å². The van der Waals surface area contributed by atoms with E-state index in [1.54, 1.807) is 6.07 Å². The van der Waals surface area contributed by atoms with Crippen LogP contribution in [0.5, 0.6) is 0 Å². The van der Waals surface area contributed by atoms with Crippen molar-refractivity contribution in [3.05, 3.63) is 51.5 Å². The average Bonchev–Trinajstić information content (AvgIpc) is 3.04. The van der Waals surface area contributed by atoms with Gasteiger partial charge in [-0.2, -0.15) is 5.26 Å². The quantitative estimate of drug-likeness (QED) is 0.683. The number of anilines is 1. The highest BCUT2D eigenvalue weighted by atomic mass is 35.5. The normalized spacial score (nSPS) is 27.1. The molecule has 0 atom stereocenters. The number of nitriles is 1. The van der Waals surface area contributed by atoms with Crippen molar-refractivity contribution in [2.24, 2.45) is 0 Å². The number of thiophene rings is 1. The first-order valence-electron chi connectivity index (χ1n) is 13.3. The Morgan fingerprint density at radius 3 is 3.15 bits per heavy atom. The van der Waals surface area contributed by atoms with Crippen molar-refractivity contribution in [1.82, 2.24) is 14.9 Å². The molecule has 0 spiro atoms. The van der Waals surface area contributed by atoms with Gasteiger partial charge in [-0.05, 0) is 43.0 Å². The number of fused-ring (bicyclic) bond motifs is 1. The summed E-state index contributed by atoms with van der Waals surface area (Å²) in [4.78, 5) is 8.48. The van der Waals surface area contributed by atoms with Crippen LogP contribution in [-0.4, -0.2) is 33.9 Å². The highest BCUT2D eigenvalue weighted by Crippen LogP contribution is 2.32. The van der Waals surface area contributed by atoms with E-state index in [0.717, 1.165) is 23.7 Å². The molecule has 3 heterocycles. The summed E-state index contributed by atoms with van der Waals surface area (Å²) in [6, 6.07) is -0.755. The van der Waals surface area contributed by atoms with Crippen LogP contribution in [-0.2, 0) is 6.50 Å². The first-order chi connectivity index (χ1) is 17.4. The lowest BCUT2D eigenvalue weighted by molar-refractivity contribution is 0.211. The summed E-state index contributed by atoms with van der Waals surface area (Å²) < 4.78 is 94.5. The molecular formula is C20H20ClN5S. The number of likely N-dealkylation sites (tertiary alicyclic amines) is 1. The van der Waals surface area contributed by atoms with Gasteiger partial charge in [0.25, 0.3) is 0 Å². The van der Waals surface area contributed by atoms with Crippen molar-refractivity contribution in [2.75, 3.05) is 18.3 Å². The number of benzene rings is 1. The SMILES string of the molecule is [2H]c1cc(C)c(C#N)c([2H])c1C([2H])([2H])N1C([2H])([2H])CC([2H])(N([2H])c2ncnc3sc(Cl)c([2H])c23)CC1([2H])[2H]. The summed E-state index contributed by atoms with van der Waals surface area (Å²) in [5, 5.41) is 9.97. The molecule has 0 saturated carbocycles. The number of halogens is 1. The van der Waals surface area contributed by atoms with E-state index in [1.807, 2.05) is 0 Å². The monoisotopic (exact) mass is 408 g/mol. The first-order valence-corrected chi connectivity index (χ1v) is 9.09. The maximum atomic E-state index is 9.43. The van der Waals surface area contributed by atoms with Gasteiger partial charge in [-0.3, -0.25) is 4.90 Å². The molecule has 138 valence electrons. The van der Waals surface area contributed by atoms with Crippen molar-refractivity contribution >= 4 is 39.0 Å². The fraction of sp³-hybridized carbons (Fsp3) is 0.350. The molecule has 0 unspecified atom stereocenters. The van der Waals surface area contributed by atoms with Gasteiger partial charge in [-0.1, -0.05) is 23.7 Å². The Labute approximate surface area is 183 Å². The molecule has 1 N–H and O–H groups in total. The van der Waals surface area contributed by atoms with E-state index in [4.69, 9.17) is 26.7 Å². The lowest BCUT2D eigenvalue weighted by Gasteiger charge is -2.32. The Balaban J connectivity index is 1.82. The number of aromatic nitrogens is 2. The molecule has 1 fully saturated rings. The van der Waals surface area contributed by atoms with E-state index >= 15 is 0 Å². The van der Waals surface area contributed by atoms with Crippen molar-refractivity contribution in [3.63, 3.8) is 0 Å². The summed E-state index contributed by atoms with van der Waals surface area (Å²) in [6.45, 7) is -7.47. The van der Waals surface area contributed by atoms with Crippen LogP contribution >= 0.6 is 22.9 Å². The van der Waals surface area contributed by atoms with Gasteiger partial charge in [-0.25, -0.2) is 9.97 Å². The standard InChI is InChI=1S/C20H20ClN5S/c1-13-2-3-14(8-15(13)10-22)11-26-6-4-16(5-7-26)25-19-17-9-18(21)27-20(17)24-12-23-19/h2-3,8-9,12,16H,4-7,11H2,1H3,(H,23,24,25)/i3D,6D2,7D2,8D,9D,11D2,16D/hD. The highest BCUT2D eigenvalue weighted by molar-refractivity contribution is 7.22. The Bertz CT molecular complexity index is 1470. The minimum absolute atomic E-state index is 0.0457. The molecule has 1 saturated heterocycles. The lowest BCUT2D eigenvalue weighted by Crippen LogP contribution is -2.38. The van der Waals surface area contributed by atoms with Gasteiger partial charge in [-0.15, -0.1) is 11.3 Å². The zero-order valence-electron chi connectivity index (χ0n) is 25.1. The average molecular weight is 409 g/mol. The van der Waals surface area contributed by atoms with Crippen LogP contribution in [0.15, 0.2) is 30.5 Å². The van der Waals surface area contributed by atoms with E-state index in [-0.39, 0.29) is 42.4 Å². The third-order valence-electron chi connectivity index (χ3n) is 3.76. The predicted octanol–water partition coefficient (Wildman–Crippen LogP) is 4.60. The second-order valence-corrected chi connectivity index (χ2v) is 7.23. The van der Waals surface area contributed by atoms with E-state index in [0.29, 0.717) is 5.31 Å². The third kappa shape index (κ3) is 4.06. The van der Waals surface area contributed by atoms with Crippen molar-refractivity contribution in [1.29, 1.82) is 5.26 Å². The summed E-state index contributed by atoms with van der Waals surface area (Å²) in [5.41, 5.74) is -0.657. The molecule has 5 nitrogen and oxygen atoms in total.